The molecule has 1 atom stereocenters. The zero-order valence-corrected chi connectivity index (χ0v) is 12.8. The number of carbonyl (C=O) groups excluding carboxylic acids is 1. The largest absolute Gasteiger partial charge is 0.312 e. The first-order valence-corrected chi connectivity index (χ1v) is 8.59. The Balaban J connectivity index is 1.94. The van der Waals surface area contributed by atoms with Crippen molar-refractivity contribution >= 4 is 56.5 Å². The van der Waals surface area contributed by atoms with Crippen molar-refractivity contribution < 1.29 is 4.79 Å². The molecule has 1 aliphatic heterocycles. The molecule has 100 valence electrons. The number of halogens is 1. The maximum atomic E-state index is 12.0. The van der Waals surface area contributed by atoms with Crippen LogP contribution in [0.25, 0.3) is 10.2 Å². The summed E-state index contributed by atoms with van der Waals surface area (Å²) >= 11 is 9.17. The zero-order valence-electron chi connectivity index (χ0n) is 10.4. The van der Waals surface area contributed by atoms with Crippen LogP contribution in [0.3, 0.4) is 0 Å². The predicted molar refractivity (Wildman–Crippen MR) is 82.6 cm³/mol. The molecule has 1 aromatic heterocycles. The molecule has 0 saturated carbocycles. The van der Waals surface area contributed by atoms with E-state index in [-0.39, 0.29) is 11.8 Å². The molecule has 3 rings (SSSR count). The van der Waals surface area contributed by atoms with Gasteiger partial charge in [0, 0.05) is 24.5 Å². The first-order chi connectivity index (χ1) is 9.21. The fraction of sp³-hybridized carbons (Fsp3) is 0.385. The number of anilines is 1. The fourth-order valence-electron chi connectivity index (χ4n) is 2.28. The molecule has 0 radical (unpaired) electrons. The summed E-state index contributed by atoms with van der Waals surface area (Å²) in [6.07, 6.45) is 2.58. The van der Waals surface area contributed by atoms with E-state index in [0.29, 0.717) is 12.3 Å². The zero-order chi connectivity index (χ0) is 13.4. The number of nitrogens with zero attached hydrogens (tertiary/aromatic N) is 2. The Kier molecular flexibility index (Phi) is 3.69. The van der Waals surface area contributed by atoms with Crippen LogP contribution in [0, 0.1) is 5.92 Å². The highest BCUT2D eigenvalue weighted by Gasteiger charge is 2.30. The molecule has 6 heteroatoms. The maximum absolute atomic E-state index is 12.0. The van der Waals surface area contributed by atoms with Crippen molar-refractivity contribution in [2.45, 2.75) is 10.8 Å². The van der Waals surface area contributed by atoms with Gasteiger partial charge in [0.05, 0.1) is 10.2 Å². The molecule has 2 heterocycles. The number of thioether (sulfide) groups is 1. The van der Waals surface area contributed by atoms with E-state index in [0.717, 1.165) is 26.8 Å². The molecule has 1 saturated heterocycles. The Morgan fingerprint density at radius 2 is 2.42 bits per heavy atom. The minimum atomic E-state index is 0.166. The van der Waals surface area contributed by atoms with Crippen LogP contribution in [0.15, 0.2) is 22.5 Å². The molecule has 0 spiro atoms. The van der Waals surface area contributed by atoms with Gasteiger partial charge in [0.1, 0.15) is 0 Å². The van der Waals surface area contributed by atoms with E-state index in [1.807, 2.05) is 23.3 Å². The van der Waals surface area contributed by atoms with Crippen molar-refractivity contribution in [1.82, 2.24) is 4.98 Å². The van der Waals surface area contributed by atoms with Gasteiger partial charge in [-0.15, -0.1) is 22.9 Å². The lowest BCUT2D eigenvalue weighted by Gasteiger charge is -2.16. The summed E-state index contributed by atoms with van der Waals surface area (Å²) < 4.78 is 2.18. The molecule has 0 aliphatic carbocycles. The number of benzene rings is 1. The van der Waals surface area contributed by atoms with Gasteiger partial charge >= 0.3 is 0 Å². The lowest BCUT2D eigenvalue weighted by Crippen LogP contribution is -2.24. The summed E-state index contributed by atoms with van der Waals surface area (Å²) in [5.74, 6) is 0.981. The lowest BCUT2D eigenvalue weighted by molar-refractivity contribution is -0.117. The highest BCUT2D eigenvalue weighted by atomic mass is 35.5. The highest BCUT2D eigenvalue weighted by Crippen LogP contribution is 2.33. The standard InChI is InChI=1S/C13H13ClN2OS2/c1-18-13-15-10-3-2-9(5-11(10)19-13)16-7-8(6-14)4-12(16)17/h2-3,5,8H,4,6-7H2,1H3. The van der Waals surface area contributed by atoms with E-state index in [1.54, 1.807) is 23.1 Å². The van der Waals surface area contributed by atoms with Crippen LogP contribution in [0.2, 0.25) is 0 Å². The van der Waals surface area contributed by atoms with E-state index in [1.165, 1.54) is 0 Å². The SMILES string of the molecule is CSc1nc2ccc(N3CC(CCl)CC3=O)cc2s1. The quantitative estimate of drug-likeness (QED) is 0.641. The predicted octanol–water partition coefficient (Wildman–Crippen LogP) is 3.61. The van der Waals surface area contributed by atoms with Gasteiger partial charge in [-0.1, -0.05) is 11.8 Å². The summed E-state index contributed by atoms with van der Waals surface area (Å²) in [6, 6.07) is 6.02. The Morgan fingerprint density at radius 1 is 1.58 bits per heavy atom. The number of fused-ring (bicyclic) bond motifs is 1. The van der Waals surface area contributed by atoms with Crippen LogP contribution in [-0.2, 0) is 4.79 Å². The van der Waals surface area contributed by atoms with Gasteiger partial charge in [0.15, 0.2) is 4.34 Å². The first-order valence-electron chi connectivity index (χ1n) is 6.02. The van der Waals surface area contributed by atoms with Crippen LogP contribution < -0.4 is 4.90 Å². The number of thiazole rings is 1. The van der Waals surface area contributed by atoms with Crippen molar-refractivity contribution in [1.29, 1.82) is 0 Å². The summed E-state index contributed by atoms with van der Waals surface area (Å²) in [6.45, 7) is 0.724. The van der Waals surface area contributed by atoms with Crippen LogP contribution in [0.1, 0.15) is 6.42 Å². The highest BCUT2D eigenvalue weighted by molar-refractivity contribution is 8.00. The first kappa shape index (κ1) is 13.2. The average molecular weight is 313 g/mol. The van der Waals surface area contributed by atoms with Crippen LogP contribution in [0.5, 0.6) is 0 Å². The molecule has 2 aromatic rings. The normalized spacial score (nSPS) is 19.6. The third-order valence-electron chi connectivity index (χ3n) is 3.26. The van der Waals surface area contributed by atoms with Gasteiger partial charge in [0.2, 0.25) is 5.91 Å². The summed E-state index contributed by atoms with van der Waals surface area (Å²) in [4.78, 5) is 18.3. The average Bonchev–Trinajstić information content (AvgIpc) is 3.00. The second-order valence-electron chi connectivity index (χ2n) is 4.56. The lowest BCUT2D eigenvalue weighted by atomic mass is 10.1. The van der Waals surface area contributed by atoms with E-state index in [9.17, 15) is 4.79 Å². The molecule has 1 aliphatic rings. The molecule has 1 amide bonds. The molecule has 0 N–H and O–H groups in total. The molecule has 1 aromatic carbocycles. The Morgan fingerprint density at radius 3 is 3.11 bits per heavy atom. The third kappa shape index (κ3) is 2.47. The Labute approximate surface area is 125 Å². The number of hydrogen-bond acceptors (Lipinski definition) is 4. The van der Waals surface area contributed by atoms with Crippen LogP contribution in [0.4, 0.5) is 5.69 Å². The number of rotatable bonds is 3. The number of carbonyl (C=O) groups is 1. The Bertz CT molecular complexity index is 628. The van der Waals surface area contributed by atoms with Crippen molar-refractivity contribution in [2.75, 3.05) is 23.6 Å². The van der Waals surface area contributed by atoms with E-state index >= 15 is 0 Å². The van der Waals surface area contributed by atoms with Crippen molar-refractivity contribution in [3.63, 3.8) is 0 Å². The Hall–Kier alpha value is -0.780. The van der Waals surface area contributed by atoms with Crippen molar-refractivity contribution in [2.24, 2.45) is 5.92 Å². The van der Waals surface area contributed by atoms with Crippen molar-refractivity contribution in [3.05, 3.63) is 18.2 Å². The molecular weight excluding hydrogens is 300 g/mol. The molecule has 19 heavy (non-hydrogen) atoms. The number of hydrogen-bond donors (Lipinski definition) is 0. The molecule has 1 unspecified atom stereocenters. The third-order valence-corrected chi connectivity index (χ3v) is 5.70. The summed E-state index contributed by atoms with van der Waals surface area (Å²) in [5.41, 5.74) is 1.96. The van der Waals surface area contributed by atoms with Gasteiger partial charge in [0.25, 0.3) is 0 Å². The van der Waals surface area contributed by atoms with Gasteiger partial charge < -0.3 is 4.90 Å². The molecular formula is C13H13ClN2OS2. The molecule has 1 fully saturated rings. The summed E-state index contributed by atoms with van der Waals surface area (Å²) in [5, 5.41) is 0. The second kappa shape index (κ2) is 5.31. The molecule has 0 bridgehead atoms. The van der Waals surface area contributed by atoms with Gasteiger partial charge in [-0.05, 0) is 30.4 Å². The minimum absolute atomic E-state index is 0.166. The van der Waals surface area contributed by atoms with Gasteiger partial charge in [-0.3, -0.25) is 4.79 Å². The second-order valence-corrected chi connectivity index (χ2v) is 6.96. The summed E-state index contributed by atoms with van der Waals surface area (Å²) in [7, 11) is 0. The monoisotopic (exact) mass is 312 g/mol. The maximum Gasteiger partial charge on any atom is 0.227 e. The van der Waals surface area contributed by atoms with E-state index < -0.39 is 0 Å². The van der Waals surface area contributed by atoms with Crippen LogP contribution in [-0.4, -0.2) is 29.6 Å². The molecule has 3 nitrogen and oxygen atoms in total. The fourth-order valence-corrected chi connectivity index (χ4v) is 4.01. The number of amides is 1. The van der Waals surface area contributed by atoms with Gasteiger partial charge in [-0.25, -0.2) is 4.98 Å². The van der Waals surface area contributed by atoms with E-state index in [4.69, 9.17) is 11.6 Å². The van der Waals surface area contributed by atoms with Gasteiger partial charge in [-0.2, -0.15) is 0 Å². The van der Waals surface area contributed by atoms with Crippen molar-refractivity contribution in [3.8, 4) is 0 Å². The van der Waals surface area contributed by atoms with Crippen LogP contribution >= 0.6 is 34.7 Å². The van der Waals surface area contributed by atoms with E-state index in [2.05, 4.69) is 11.1 Å². The topological polar surface area (TPSA) is 33.2 Å². The minimum Gasteiger partial charge on any atom is -0.312 e. The smallest absolute Gasteiger partial charge is 0.227 e. The number of alkyl halides is 1. The number of aromatic nitrogens is 1.